The third-order valence-corrected chi connectivity index (χ3v) is 4.07. The van der Waals surface area contributed by atoms with Crippen molar-refractivity contribution in [3.63, 3.8) is 0 Å². The van der Waals surface area contributed by atoms with E-state index in [4.69, 9.17) is 5.73 Å². The average molecular weight is 298 g/mol. The monoisotopic (exact) mass is 298 g/mol. The van der Waals surface area contributed by atoms with E-state index >= 15 is 0 Å². The van der Waals surface area contributed by atoms with Crippen LogP contribution in [0.1, 0.15) is 37.0 Å². The van der Waals surface area contributed by atoms with Crippen molar-refractivity contribution in [1.29, 1.82) is 0 Å². The zero-order valence-electron chi connectivity index (χ0n) is 14.0. The van der Waals surface area contributed by atoms with Gasteiger partial charge in [0.05, 0.1) is 5.69 Å². The van der Waals surface area contributed by atoms with Crippen molar-refractivity contribution < 1.29 is 0 Å². The van der Waals surface area contributed by atoms with Gasteiger partial charge in [-0.3, -0.25) is 4.79 Å². The summed E-state index contributed by atoms with van der Waals surface area (Å²) in [6.07, 6.45) is 0.978. The molecule has 0 fully saturated rings. The summed E-state index contributed by atoms with van der Waals surface area (Å²) >= 11 is 0. The first kappa shape index (κ1) is 16.5. The van der Waals surface area contributed by atoms with Crippen LogP contribution in [0.15, 0.2) is 35.1 Å². The molecule has 1 aromatic carbocycles. The molecule has 0 amide bonds. The molecular formula is C19H26N2O. The molecule has 0 bridgehead atoms. The minimum Gasteiger partial charge on any atom is -0.326 e. The quantitative estimate of drug-likeness (QED) is 0.916. The molecule has 0 atom stereocenters. The molecule has 0 saturated carbocycles. The minimum absolute atomic E-state index is 0.0431. The van der Waals surface area contributed by atoms with Gasteiger partial charge in [0, 0.05) is 24.2 Å². The van der Waals surface area contributed by atoms with Gasteiger partial charge in [0.15, 0.2) is 0 Å². The number of hydrogen-bond donors (Lipinski definition) is 1. The maximum Gasteiger partial charge on any atom is 0.255 e. The van der Waals surface area contributed by atoms with Crippen molar-refractivity contribution in [3.05, 3.63) is 57.4 Å². The summed E-state index contributed by atoms with van der Waals surface area (Å²) in [5.74, 6) is 0.555. The molecule has 118 valence electrons. The van der Waals surface area contributed by atoms with E-state index in [2.05, 4.69) is 45.9 Å². The minimum atomic E-state index is 0.0431. The number of nitrogens with zero attached hydrogens (tertiary/aromatic N) is 1. The standard InChI is InChI=1S/C19H26N2O/c1-13(2)9-10-21-18(8-7-16(12-20)19(21)22)17-11-14(3)5-6-15(17)4/h5-8,11,13H,9-10,12,20H2,1-4H3. The Morgan fingerprint density at radius 2 is 1.86 bits per heavy atom. The lowest BCUT2D eigenvalue weighted by atomic mass is 10.0. The van der Waals surface area contributed by atoms with Gasteiger partial charge >= 0.3 is 0 Å². The molecule has 0 unspecified atom stereocenters. The first-order valence-corrected chi connectivity index (χ1v) is 7.94. The Balaban J connectivity index is 2.61. The first-order chi connectivity index (χ1) is 10.4. The van der Waals surface area contributed by atoms with Crippen LogP contribution in [0.2, 0.25) is 0 Å². The van der Waals surface area contributed by atoms with Gasteiger partial charge in [-0.25, -0.2) is 0 Å². The van der Waals surface area contributed by atoms with Gasteiger partial charge in [-0.2, -0.15) is 0 Å². The Morgan fingerprint density at radius 3 is 2.50 bits per heavy atom. The molecule has 0 radical (unpaired) electrons. The highest BCUT2D eigenvalue weighted by Gasteiger charge is 2.12. The molecule has 3 nitrogen and oxygen atoms in total. The van der Waals surface area contributed by atoms with E-state index in [0.29, 0.717) is 11.5 Å². The predicted molar refractivity (Wildman–Crippen MR) is 93.0 cm³/mol. The fourth-order valence-electron chi connectivity index (χ4n) is 2.64. The van der Waals surface area contributed by atoms with E-state index in [9.17, 15) is 4.79 Å². The van der Waals surface area contributed by atoms with E-state index in [1.54, 1.807) is 0 Å². The van der Waals surface area contributed by atoms with Gasteiger partial charge in [0.2, 0.25) is 0 Å². The number of hydrogen-bond acceptors (Lipinski definition) is 2. The lowest BCUT2D eigenvalue weighted by Gasteiger charge is -2.17. The van der Waals surface area contributed by atoms with E-state index in [0.717, 1.165) is 24.2 Å². The van der Waals surface area contributed by atoms with Crippen molar-refractivity contribution in [2.75, 3.05) is 0 Å². The Kier molecular flexibility index (Phi) is 5.19. The van der Waals surface area contributed by atoms with E-state index in [-0.39, 0.29) is 12.1 Å². The van der Waals surface area contributed by atoms with Crippen LogP contribution in [0.5, 0.6) is 0 Å². The molecule has 22 heavy (non-hydrogen) atoms. The summed E-state index contributed by atoms with van der Waals surface area (Å²) in [5.41, 5.74) is 10.9. The normalized spacial score (nSPS) is 11.2. The fourth-order valence-corrected chi connectivity index (χ4v) is 2.64. The van der Waals surface area contributed by atoms with Gasteiger partial charge in [0.25, 0.3) is 5.56 Å². The Hall–Kier alpha value is -1.87. The van der Waals surface area contributed by atoms with Crippen LogP contribution in [0.25, 0.3) is 11.3 Å². The van der Waals surface area contributed by atoms with Crippen molar-refractivity contribution in [2.24, 2.45) is 11.7 Å². The van der Waals surface area contributed by atoms with Crippen molar-refractivity contribution in [1.82, 2.24) is 4.57 Å². The SMILES string of the molecule is Cc1ccc(C)c(-c2ccc(CN)c(=O)n2CCC(C)C)c1. The first-order valence-electron chi connectivity index (χ1n) is 7.94. The summed E-state index contributed by atoms with van der Waals surface area (Å²) in [7, 11) is 0. The zero-order valence-corrected chi connectivity index (χ0v) is 14.0. The Labute approximate surface area is 132 Å². The van der Waals surface area contributed by atoms with Gasteiger partial charge < -0.3 is 10.3 Å². The van der Waals surface area contributed by atoms with Crippen LogP contribution in [0.4, 0.5) is 0 Å². The van der Waals surface area contributed by atoms with Crippen molar-refractivity contribution in [3.8, 4) is 11.3 Å². The Morgan fingerprint density at radius 1 is 1.14 bits per heavy atom. The number of benzene rings is 1. The van der Waals surface area contributed by atoms with Gasteiger partial charge in [-0.1, -0.05) is 37.6 Å². The molecule has 0 aliphatic carbocycles. The summed E-state index contributed by atoms with van der Waals surface area (Å²) in [6, 6.07) is 10.3. The summed E-state index contributed by atoms with van der Waals surface area (Å²) in [4.78, 5) is 12.7. The van der Waals surface area contributed by atoms with Crippen molar-refractivity contribution in [2.45, 2.75) is 47.2 Å². The third kappa shape index (κ3) is 3.47. The molecule has 3 heteroatoms. The van der Waals surface area contributed by atoms with E-state index < -0.39 is 0 Å². The van der Waals surface area contributed by atoms with Crippen LogP contribution < -0.4 is 11.3 Å². The second-order valence-electron chi connectivity index (χ2n) is 6.41. The highest BCUT2D eigenvalue weighted by molar-refractivity contribution is 5.65. The Bertz CT molecular complexity index is 714. The number of aryl methyl sites for hydroxylation is 2. The second kappa shape index (κ2) is 6.93. The average Bonchev–Trinajstić information content (AvgIpc) is 2.48. The summed E-state index contributed by atoms with van der Waals surface area (Å²) in [5, 5.41) is 0. The van der Waals surface area contributed by atoms with Gasteiger partial charge in [-0.05, 0) is 43.9 Å². The third-order valence-electron chi connectivity index (χ3n) is 4.07. The van der Waals surface area contributed by atoms with Crippen LogP contribution in [0, 0.1) is 19.8 Å². The molecule has 1 aromatic heterocycles. The molecule has 2 N–H and O–H groups in total. The van der Waals surface area contributed by atoms with E-state index in [1.165, 1.54) is 11.1 Å². The second-order valence-corrected chi connectivity index (χ2v) is 6.41. The van der Waals surface area contributed by atoms with Gasteiger partial charge in [0.1, 0.15) is 0 Å². The molecule has 0 spiro atoms. The molecule has 0 aliphatic heterocycles. The predicted octanol–water partition coefficient (Wildman–Crippen LogP) is 3.64. The summed E-state index contributed by atoms with van der Waals surface area (Å²) in [6.45, 7) is 9.53. The number of aromatic nitrogens is 1. The smallest absolute Gasteiger partial charge is 0.255 e. The highest BCUT2D eigenvalue weighted by Crippen LogP contribution is 2.24. The maximum absolute atomic E-state index is 12.7. The summed E-state index contributed by atoms with van der Waals surface area (Å²) < 4.78 is 1.89. The number of pyridine rings is 1. The zero-order chi connectivity index (χ0) is 16.3. The molecule has 2 rings (SSSR count). The molecule has 0 aliphatic rings. The van der Waals surface area contributed by atoms with Crippen molar-refractivity contribution >= 4 is 0 Å². The number of rotatable bonds is 5. The van der Waals surface area contributed by atoms with Crippen LogP contribution in [-0.4, -0.2) is 4.57 Å². The van der Waals surface area contributed by atoms with Crippen LogP contribution in [-0.2, 0) is 13.1 Å². The van der Waals surface area contributed by atoms with Crippen LogP contribution >= 0.6 is 0 Å². The largest absolute Gasteiger partial charge is 0.326 e. The highest BCUT2D eigenvalue weighted by atomic mass is 16.1. The van der Waals surface area contributed by atoms with Gasteiger partial charge in [-0.15, -0.1) is 0 Å². The molecule has 0 saturated heterocycles. The molecule has 1 heterocycles. The topological polar surface area (TPSA) is 48.0 Å². The molecule has 2 aromatic rings. The van der Waals surface area contributed by atoms with Crippen LogP contribution in [0.3, 0.4) is 0 Å². The van der Waals surface area contributed by atoms with E-state index in [1.807, 2.05) is 16.7 Å². The molecular weight excluding hydrogens is 272 g/mol. The number of nitrogens with two attached hydrogens (primary N) is 1. The fraction of sp³-hybridized carbons (Fsp3) is 0.421. The lowest BCUT2D eigenvalue weighted by molar-refractivity contribution is 0.509. The maximum atomic E-state index is 12.7. The lowest BCUT2D eigenvalue weighted by Crippen LogP contribution is -2.27.